The molecule has 3 rings (SSSR count). The van der Waals surface area contributed by atoms with Gasteiger partial charge in [-0.2, -0.15) is 0 Å². The van der Waals surface area contributed by atoms with E-state index in [1.807, 2.05) is 24.3 Å². The van der Waals surface area contributed by atoms with Gasteiger partial charge in [0.15, 0.2) is 0 Å². The van der Waals surface area contributed by atoms with Crippen LogP contribution in [0.5, 0.6) is 11.5 Å². The van der Waals surface area contributed by atoms with E-state index in [9.17, 15) is 0 Å². The van der Waals surface area contributed by atoms with Gasteiger partial charge in [0.2, 0.25) is 0 Å². The smallest absolute Gasteiger partial charge is 0.131 e. The van der Waals surface area contributed by atoms with E-state index in [1.54, 1.807) is 0 Å². The van der Waals surface area contributed by atoms with Crippen LogP contribution in [-0.2, 0) is 0 Å². The zero-order valence-corrected chi connectivity index (χ0v) is 11.3. The van der Waals surface area contributed by atoms with E-state index in [1.165, 1.54) is 17.5 Å². The summed E-state index contributed by atoms with van der Waals surface area (Å²) in [7, 11) is 0. The molecule has 0 saturated carbocycles. The maximum atomic E-state index is 5.85. The van der Waals surface area contributed by atoms with Gasteiger partial charge in [-0.25, -0.2) is 0 Å². The third kappa shape index (κ3) is 2.40. The summed E-state index contributed by atoms with van der Waals surface area (Å²) in [5, 5.41) is 0. The van der Waals surface area contributed by atoms with E-state index < -0.39 is 0 Å². The van der Waals surface area contributed by atoms with Crippen molar-refractivity contribution in [3.63, 3.8) is 0 Å². The molecule has 18 heavy (non-hydrogen) atoms. The summed E-state index contributed by atoms with van der Waals surface area (Å²) < 4.78 is 5.85. The summed E-state index contributed by atoms with van der Waals surface area (Å²) in [5.41, 5.74) is 2.55. The van der Waals surface area contributed by atoms with Crippen LogP contribution in [0, 0.1) is 0 Å². The minimum atomic E-state index is 0.422. The average molecular weight is 240 g/mol. The monoisotopic (exact) mass is 240 g/mol. The largest absolute Gasteiger partial charge is 0.457 e. The molecule has 0 aliphatic carbocycles. The lowest BCUT2D eigenvalue weighted by Crippen LogP contribution is -2.06. The van der Waals surface area contributed by atoms with Crippen molar-refractivity contribution in [3.05, 3.63) is 59.7 Å². The van der Waals surface area contributed by atoms with Crippen LogP contribution in [0.3, 0.4) is 0 Å². The predicted molar refractivity (Wildman–Crippen MR) is 76.4 cm³/mol. The number of para-hydroxylation sites is 2. The Bertz CT molecular complexity index is 471. The summed E-state index contributed by atoms with van der Waals surface area (Å²) in [5.74, 6) is 2.40. The third-order valence-electron chi connectivity index (χ3n) is 2.99. The van der Waals surface area contributed by atoms with E-state index in [0.717, 1.165) is 11.5 Å². The lowest BCUT2D eigenvalue weighted by atomic mass is 9.90. The first-order valence-corrected chi connectivity index (χ1v) is 6.63. The van der Waals surface area contributed by atoms with Crippen LogP contribution in [0.25, 0.3) is 0 Å². The Kier molecular flexibility index (Phi) is 4.03. The second kappa shape index (κ2) is 5.72. The maximum Gasteiger partial charge on any atom is 0.131 e. The number of benzene rings is 2. The number of fused-ring (bicyclic) bond motifs is 2. The lowest BCUT2D eigenvalue weighted by molar-refractivity contribution is 0.450. The van der Waals surface area contributed by atoms with Crippen molar-refractivity contribution in [1.29, 1.82) is 0 Å². The van der Waals surface area contributed by atoms with E-state index in [4.69, 9.17) is 4.74 Å². The first-order chi connectivity index (χ1) is 8.77. The van der Waals surface area contributed by atoms with Gasteiger partial charge < -0.3 is 4.74 Å². The molecule has 94 valence electrons. The van der Waals surface area contributed by atoms with Crippen LogP contribution in [0.2, 0.25) is 0 Å². The second-order valence-corrected chi connectivity index (χ2v) is 4.61. The van der Waals surface area contributed by atoms with Gasteiger partial charge in [-0.1, -0.05) is 63.6 Å². The van der Waals surface area contributed by atoms with E-state index in [2.05, 4.69) is 45.0 Å². The molecule has 0 atom stereocenters. The van der Waals surface area contributed by atoms with Crippen molar-refractivity contribution < 1.29 is 4.74 Å². The van der Waals surface area contributed by atoms with E-state index >= 15 is 0 Å². The normalized spacial score (nSPS) is 12.6. The highest BCUT2D eigenvalue weighted by atomic mass is 16.5. The highest BCUT2D eigenvalue weighted by Gasteiger charge is 2.22. The Balaban J connectivity index is 0.000000367. The Labute approximate surface area is 109 Å². The Morgan fingerprint density at radius 2 is 1.22 bits per heavy atom. The highest BCUT2D eigenvalue weighted by Crippen LogP contribution is 2.43. The van der Waals surface area contributed by atoms with Gasteiger partial charge in [0.05, 0.1) is 0 Å². The quantitative estimate of drug-likeness (QED) is 0.602. The fraction of sp³-hybridized carbons (Fsp3) is 0.294. The topological polar surface area (TPSA) is 9.23 Å². The van der Waals surface area contributed by atoms with Crippen molar-refractivity contribution >= 4 is 0 Å². The Morgan fingerprint density at radius 3 is 1.67 bits per heavy atom. The molecule has 2 aromatic carbocycles. The lowest BCUT2D eigenvalue weighted by Gasteiger charge is -2.25. The summed E-state index contributed by atoms with van der Waals surface area (Å²) in [6, 6.07) is 16.5. The van der Waals surface area contributed by atoms with Crippen LogP contribution >= 0.6 is 0 Å². The van der Waals surface area contributed by atoms with Gasteiger partial charge in [0.25, 0.3) is 0 Å². The molecule has 0 unspecified atom stereocenters. The van der Waals surface area contributed by atoms with Crippen LogP contribution < -0.4 is 4.74 Å². The molecule has 2 aromatic rings. The molecule has 0 bridgehead atoms. The summed E-state index contributed by atoms with van der Waals surface area (Å²) in [6.45, 7) is 6.47. The maximum absolute atomic E-state index is 5.85. The fourth-order valence-electron chi connectivity index (χ4n) is 2.15. The van der Waals surface area contributed by atoms with Crippen LogP contribution in [0.4, 0.5) is 0 Å². The van der Waals surface area contributed by atoms with Gasteiger partial charge in [0, 0.05) is 17.0 Å². The van der Waals surface area contributed by atoms with Gasteiger partial charge in [0.1, 0.15) is 11.5 Å². The first kappa shape index (κ1) is 12.7. The highest BCUT2D eigenvalue weighted by molar-refractivity contribution is 5.52. The number of hydrogen-bond acceptors (Lipinski definition) is 1. The van der Waals surface area contributed by atoms with Gasteiger partial charge in [-0.15, -0.1) is 0 Å². The summed E-state index contributed by atoms with van der Waals surface area (Å²) >= 11 is 0. The molecular formula is C17H20O. The van der Waals surface area contributed by atoms with Crippen molar-refractivity contribution in [2.45, 2.75) is 33.1 Å². The summed E-state index contributed by atoms with van der Waals surface area (Å²) in [6.07, 6.45) is 1.25. The predicted octanol–water partition coefficient (Wildman–Crippen LogP) is 5.36. The molecule has 0 aromatic heterocycles. The third-order valence-corrected chi connectivity index (χ3v) is 2.99. The summed E-state index contributed by atoms with van der Waals surface area (Å²) in [4.78, 5) is 0. The molecule has 1 aliphatic heterocycles. The Hall–Kier alpha value is -1.76. The van der Waals surface area contributed by atoms with Gasteiger partial charge >= 0.3 is 0 Å². The van der Waals surface area contributed by atoms with E-state index in [0.29, 0.717) is 5.92 Å². The van der Waals surface area contributed by atoms with Crippen molar-refractivity contribution in [1.82, 2.24) is 0 Å². The van der Waals surface area contributed by atoms with Crippen molar-refractivity contribution in [2.24, 2.45) is 0 Å². The van der Waals surface area contributed by atoms with Gasteiger partial charge in [-0.3, -0.25) is 0 Å². The zero-order chi connectivity index (χ0) is 13.0. The van der Waals surface area contributed by atoms with Crippen LogP contribution in [-0.4, -0.2) is 0 Å². The zero-order valence-electron chi connectivity index (χ0n) is 11.3. The Morgan fingerprint density at radius 1 is 0.833 bits per heavy atom. The number of ether oxygens (including phenoxy) is 1. The minimum Gasteiger partial charge on any atom is -0.457 e. The molecule has 0 fully saturated rings. The fourth-order valence-corrected chi connectivity index (χ4v) is 2.15. The minimum absolute atomic E-state index is 0.422. The standard InChI is InChI=1S/C14H12O.C3H8/c1-10-11-6-2-4-8-13(11)15-14-9-5-3-7-12(10)14;1-3-2/h2-10H,1H3;3H2,1-2H3. The van der Waals surface area contributed by atoms with Crippen molar-refractivity contribution in [2.75, 3.05) is 0 Å². The molecule has 0 radical (unpaired) electrons. The van der Waals surface area contributed by atoms with Gasteiger partial charge in [-0.05, 0) is 12.1 Å². The van der Waals surface area contributed by atoms with E-state index in [-0.39, 0.29) is 0 Å². The molecular weight excluding hydrogens is 220 g/mol. The molecule has 1 heteroatoms. The molecule has 0 N–H and O–H groups in total. The molecule has 1 heterocycles. The molecule has 1 aliphatic rings. The number of rotatable bonds is 0. The molecule has 0 amide bonds. The molecule has 0 saturated heterocycles. The van der Waals surface area contributed by atoms with Crippen LogP contribution in [0.1, 0.15) is 44.2 Å². The second-order valence-electron chi connectivity index (χ2n) is 4.61. The number of hydrogen-bond donors (Lipinski definition) is 0. The first-order valence-electron chi connectivity index (χ1n) is 6.63. The molecule has 1 nitrogen and oxygen atoms in total. The average Bonchev–Trinajstić information content (AvgIpc) is 2.40. The SMILES string of the molecule is CC1c2ccccc2Oc2ccccc21.CCC. The molecule has 0 spiro atoms. The van der Waals surface area contributed by atoms with Crippen molar-refractivity contribution in [3.8, 4) is 11.5 Å². The van der Waals surface area contributed by atoms with Crippen LogP contribution in [0.15, 0.2) is 48.5 Å².